The van der Waals surface area contributed by atoms with E-state index in [1.54, 1.807) is 5.57 Å². The van der Waals surface area contributed by atoms with Crippen LogP contribution in [-0.4, -0.2) is 41.9 Å². The molecule has 36 heavy (non-hydrogen) atoms. The number of hydrogen-bond acceptors (Lipinski definition) is 4. The van der Waals surface area contributed by atoms with Crippen LogP contribution in [0.5, 0.6) is 0 Å². The summed E-state index contributed by atoms with van der Waals surface area (Å²) in [5.74, 6) is 1.89. The van der Waals surface area contributed by atoms with Crippen molar-refractivity contribution in [1.29, 1.82) is 0 Å². The normalized spacial score (nSPS) is 54.9. The van der Waals surface area contributed by atoms with Crippen molar-refractivity contribution in [2.45, 2.75) is 130 Å². The molecule has 0 aromatic carbocycles. The minimum atomic E-state index is -0.561. The molecule has 6 rings (SSSR count). The largest absolute Gasteiger partial charge is 0.393 e. The lowest BCUT2D eigenvalue weighted by molar-refractivity contribution is -0.219. The van der Waals surface area contributed by atoms with Crippen LogP contribution in [0.2, 0.25) is 0 Å². The van der Waals surface area contributed by atoms with E-state index < -0.39 is 5.79 Å². The monoisotopic (exact) mass is 500 g/mol. The van der Waals surface area contributed by atoms with E-state index in [1.165, 1.54) is 32.1 Å². The predicted molar refractivity (Wildman–Crippen MR) is 142 cm³/mol. The molecule has 2 heterocycles. The highest BCUT2D eigenvalue weighted by Gasteiger charge is 2.69. The van der Waals surface area contributed by atoms with Crippen molar-refractivity contribution < 1.29 is 19.3 Å². The fraction of sp³-hybridized carbons (Fsp3) is 0.938. The van der Waals surface area contributed by atoms with Gasteiger partial charge in [0, 0.05) is 13.0 Å². The van der Waals surface area contributed by atoms with E-state index in [1.807, 2.05) is 0 Å². The smallest absolute Gasteiger partial charge is 0.197 e. The lowest BCUT2D eigenvalue weighted by atomic mass is 9.41. The van der Waals surface area contributed by atoms with E-state index in [2.05, 4.69) is 61.5 Å². The Labute approximate surface area is 219 Å². The number of hydrogen-bond donors (Lipinski definition) is 1. The van der Waals surface area contributed by atoms with Crippen LogP contribution in [0, 0.1) is 45.3 Å². The third-order valence-electron chi connectivity index (χ3n) is 13.3. The molecule has 6 aliphatic rings. The van der Waals surface area contributed by atoms with Crippen LogP contribution >= 0.6 is 0 Å². The first-order valence-corrected chi connectivity index (χ1v) is 15.1. The Kier molecular flexibility index (Phi) is 5.62. The minimum Gasteiger partial charge on any atom is -0.393 e. The van der Waals surface area contributed by atoms with Crippen molar-refractivity contribution in [2.75, 3.05) is 13.2 Å². The Hall–Kier alpha value is -0.420. The molecule has 3 saturated carbocycles. The Morgan fingerprint density at radius 2 is 1.72 bits per heavy atom. The number of aliphatic hydroxyl groups is 1. The molecule has 2 saturated heterocycles. The third-order valence-corrected chi connectivity index (χ3v) is 13.3. The van der Waals surface area contributed by atoms with Crippen molar-refractivity contribution in [3.63, 3.8) is 0 Å². The van der Waals surface area contributed by atoms with Gasteiger partial charge in [-0.25, -0.2) is 0 Å². The molecule has 4 heteroatoms. The van der Waals surface area contributed by atoms with Crippen molar-refractivity contribution >= 4 is 0 Å². The third kappa shape index (κ3) is 3.20. The molecule has 204 valence electrons. The van der Waals surface area contributed by atoms with Crippen molar-refractivity contribution in [2.24, 2.45) is 45.3 Å². The van der Waals surface area contributed by atoms with Crippen LogP contribution in [0.15, 0.2) is 11.6 Å². The summed E-state index contributed by atoms with van der Waals surface area (Å²) in [4.78, 5) is 0. The van der Waals surface area contributed by atoms with Crippen LogP contribution in [0.4, 0.5) is 0 Å². The van der Waals surface area contributed by atoms with E-state index in [9.17, 15) is 5.11 Å². The second-order valence-corrected chi connectivity index (χ2v) is 15.4. The Balaban J connectivity index is 1.28. The van der Waals surface area contributed by atoms with Crippen molar-refractivity contribution in [3.05, 3.63) is 11.6 Å². The second kappa shape index (κ2) is 7.83. The summed E-state index contributed by atoms with van der Waals surface area (Å²) in [6.45, 7) is 20.4. The van der Waals surface area contributed by atoms with Crippen LogP contribution in [0.25, 0.3) is 0 Å². The molecular weight excluding hydrogens is 448 g/mol. The zero-order valence-corrected chi connectivity index (χ0v) is 24.3. The zero-order chi connectivity index (χ0) is 25.9. The molecule has 0 spiro atoms. The van der Waals surface area contributed by atoms with E-state index in [0.717, 1.165) is 25.9 Å². The van der Waals surface area contributed by atoms with Crippen molar-refractivity contribution in [3.8, 4) is 0 Å². The highest BCUT2D eigenvalue weighted by molar-refractivity contribution is 5.33. The first-order chi connectivity index (χ1) is 16.8. The highest BCUT2D eigenvalue weighted by Crippen LogP contribution is 2.74. The lowest BCUT2D eigenvalue weighted by Gasteiger charge is -2.64. The summed E-state index contributed by atoms with van der Waals surface area (Å²) in [7, 11) is 0. The molecule has 0 bridgehead atoms. The maximum absolute atomic E-state index is 10.9. The van der Waals surface area contributed by atoms with Crippen LogP contribution in [-0.2, 0) is 14.2 Å². The van der Waals surface area contributed by atoms with Crippen LogP contribution < -0.4 is 0 Å². The summed E-state index contributed by atoms with van der Waals surface area (Å²) in [5.41, 5.74) is 2.52. The summed E-state index contributed by atoms with van der Waals surface area (Å²) in [6.07, 6.45) is 12.0. The van der Waals surface area contributed by atoms with Crippen LogP contribution in [0.1, 0.15) is 107 Å². The molecule has 1 N–H and O–H groups in total. The topological polar surface area (TPSA) is 51.2 Å². The average molecular weight is 501 g/mol. The number of fused-ring (bicyclic) bond motifs is 5. The van der Waals surface area contributed by atoms with Gasteiger partial charge in [-0.2, -0.15) is 0 Å². The van der Waals surface area contributed by atoms with Gasteiger partial charge in [0.2, 0.25) is 0 Å². The van der Waals surface area contributed by atoms with E-state index in [0.29, 0.717) is 41.1 Å². The summed E-state index contributed by atoms with van der Waals surface area (Å²) < 4.78 is 19.0. The maximum atomic E-state index is 10.9. The quantitative estimate of drug-likeness (QED) is 0.337. The SMILES string of the molecule is CCOC1(C2OC2(C)C)CC(C2CCC3(C)C4=CCC5C(C)(C)C(O)CCC5(C)C4CCC23C)CO1. The second-order valence-electron chi connectivity index (χ2n) is 15.4. The summed E-state index contributed by atoms with van der Waals surface area (Å²) in [5, 5.41) is 10.9. The van der Waals surface area contributed by atoms with Crippen molar-refractivity contribution in [1.82, 2.24) is 0 Å². The summed E-state index contributed by atoms with van der Waals surface area (Å²) >= 11 is 0. The first-order valence-electron chi connectivity index (χ1n) is 15.1. The first kappa shape index (κ1) is 25.8. The molecule has 4 nitrogen and oxygen atoms in total. The van der Waals surface area contributed by atoms with Gasteiger partial charge in [-0.05, 0) is 111 Å². The molecule has 0 aromatic rings. The van der Waals surface area contributed by atoms with Crippen LogP contribution in [0.3, 0.4) is 0 Å². The molecular formula is C32H52O4. The Morgan fingerprint density at radius 1 is 1.00 bits per heavy atom. The number of ether oxygens (including phenoxy) is 3. The van der Waals surface area contributed by atoms with E-state index >= 15 is 0 Å². The number of allylic oxidation sites excluding steroid dienone is 2. The van der Waals surface area contributed by atoms with Gasteiger partial charge in [-0.3, -0.25) is 0 Å². The molecule has 2 aliphatic heterocycles. The average Bonchev–Trinajstić information content (AvgIpc) is 3.12. The highest BCUT2D eigenvalue weighted by atomic mass is 16.7. The van der Waals surface area contributed by atoms with E-state index in [-0.39, 0.29) is 28.6 Å². The van der Waals surface area contributed by atoms with Gasteiger partial charge < -0.3 is 19.3 Å². The van der Waals surface area contributed by atoms with E-state index in [4.69, 9.17) is 14.2 Å². The fourth-order valence-corrected chi connectivity index (χ4v) is 11.0. The molecule has 10 atom stereocenters. The molecule has 4 aliphatic carbocycles. The van der Waals surface area contributed by atoms with Gasteiger partial charge in [-0.15, -0.1) is 0 Å². The molecule has 10 unspecified atom stereocenters. The summed E-state index contributed by atoms with van der Waals surface area (Å²) in [6, 6.07) is 0. The zero-order valence-electron chi connectivity index (χ0n) is 24.3. The lowest BCUT2D eigenvalue weighted by Crippen LogP contribution is -2.58. The Bertz CT molecular complexity index is 938. The number of epoxide rings is 1. The maximum Gasteiger partial charge on any atom is 0.197 e. The van der Waals surface area contributed by atoms with Gasteiger partial charge in [0.05, 0.1) is 18.3 Å². The molecule has 0 radical (unpaired) electrons. The standard InChI is InChI=1S/C32H52O4/c1-9-34-32(26-28(4,5)36-26)18-20(19-35-32)21-12-16-31(8)23-10-11-24-27(2,3)25(33)14-15-29(24,6)22(23)13-17-30(21,31)7/h10,20-22,24-26,33H,9,11-19H2,1-8H3. The van der Waals surface area contributed by atoms with Gasteiger partial charge in [0.1, 0.15) is 6.10 Å². The van der Waals surface area contributed by atoms with Gasteiger partial charge in [-0.1, -0.05) is 46.3 Å². The fourth-order valence-electron chi connectivity index (χ4n) is 11.0. The number of rotatable bonds is 4. The molecule has 5 fully saturated rings. The van der Waals surface area contributed by atoms with Gasteiger partial charge >= 0.3 is 0 Å². The van der Waals surface area contributed by atoms with Gasteiger partial charge in [0.15, 0.2) is 5.79 Å². The van der Waals surface area contributed by atoms with Gasteiger partial charge in [0.25, 0.3) is 0 Å². The number of aliphatic hydroxyl groups excluding tert-OH is 1. The predicted octanol–water partition coefficient (Wildman–Crippen LogP) is 6.90. The molecule has 0 amide bonds. The Morgan fingerprint density at radius 3 is 2.39 bits per heavy atom. The molecule has 0 aromatic heterocycles. The minimum absolute atomic E-state index is 0.00263.